The highest BCUT2D eigenvalue weighted by Gasteiger charge is 2.18. The third-order valence-corrected chi connectivity index (χ3v) is 4.82. The van der Waals surface area contributed by atoms with Gasteiger partial charge in [-0.3, -0.25) is 4.90 Å². The summed E-state index contributed by atoms with van der Waals surface area (Å²) in [6.07, 6.45) is 14.3. The zero-order valence-electron chi connectivity index (χ0n) is 12.3. The Balaban J connectivity index is 1.65. The topological polar surface area (TPSA) is 15.3 Å². The van der Waals surface area contributed by atoms with E-state index in [0.717, 1.165) is 12.1 Å². The molecule has 18 heavy (non-hydrogen) atoms. The maximum absolute atomic E-state index is 3.84. The number of rotatable bonds is 4. The zero-order valence-corrected chi connectivity index (χ0v) is 12.3. The molecule has 0 amide bonds. The fourth-order valence-electron chi connectivity index (χ4n) is 3.49. The molecular weight excluding hydrogens is 220 g/mol. The highest BCUT2D eigenvalue weighted by molar-refractivity contribution is 4.76. The van der Waals surface area contributed by atoms with Gasteiger partial charge < -0.3 is 5.32 Å². The maximum atomic E-state index is 3.84. The van der Waals surface area contributed by atoms with Gasteiger partial charge in [0, 0.05) is 18.6 Å². The quantitative estimate of drug-likeness (QED) is 0.823. The van der Waals surface area contributed by atoms with Crippen LogP contribution in [0.2, 0.25) is 0 Å². The molecular formula is C16H32N2. The Labute approximate surface area is 114 Å². The van der Waals surface area contributed by atoms with Crippen molar-refractivity contribution in [2.45, 2.75) is 83.2 Å². The van der Waals surface area contributed by atoms with Gasteiger partial charge in [0.2, 0.25) is 0 Å². The summed E-state index contributed by atoms with van der Waals surface area (Å²) in [7, 11) is 0. The van der Waals surface area contributed by atoms with E-state index in [-0.39, 0.29) is 0 Å². The average Bonchev–Trinajstić information content (AvgIpc) is 2.38. The minimum atomic E-state index is 0.732. The monoisotopic (exact) mass is 252 g/mol. The second-order valence-electron chi connectivity index (χ2n) is 6.40. The van der Waals surface area contributed by atoms with Gasteiger partial charge in [-0.15, -0.1) is 0 Å². The van der Waals surface area contributed by atoms with Crippen LogP contribution in [-0.4, -0.2) is 36.6 Å². The Hall–Kier alpha value is -0.0800. The van der Waals surface area contributed by atoms with Crippen LogP contribution in [0.4, 0.5) is 0 Å². The summed E-state index contributed by atoms with van der Waals surface area (Å²) < 4.78 is 0. The number of hydrogen-bond acceptors (Lipinski definition) is 2. The van der Waals surface area contributed by atoms with Crippen LogP contribution in [-0.2, 0) is 0 Å². The minimum Gasteiger partial charge on any atom is -0.312 e. The first-order chi connectivity index (χ1) is 8.86. The molecule has 2 aliphatic rings. The van der Waals surface area contributed by atoms with Crippen LogP contribution in [0, 0.1) is 0 Å². The smallest absolute Gasteiger partial charge is 0.0192 e. The predicted molar refractivity (Wildman–Crippen MR) is 79.0 cm³/mol. The first-order valence-corrected chi connectivity index (χ1v) is 8.33. The highest BCUT2D eigenvalue weighted by atomic mass is 15.2. The van der Waals surface area contributed by atoms with E-state index in [1.54, 1.807) is 0 Å². The summed E-state index contributed by atoms with van der Waals surface area (Å²) in [5.41, 5.74) is 0. The van der Waals surface area contributed by atoms with Gasteiger partial charge in [-0.2, -0.15) is 0 Å². The maximum Gasteiger partial charge on any atom is 0.0192 e. The Morgan fingerprint density at radius 1 is 0.889 bits per heavy atom. The van der Waals surface area contributed by atoms with Crippen molar-refractivity contribution in [1.29, 1.82) is 0 Å². The lowest BCUT2D eigenvalue weighted by molar-refractivity contribution is 0.166. The van der Waals surface area contributed by atoms with Crippen molar-refractivity contribution in [2.75, 3.05) is 19.6 Å². The molecule has 0 radical (unpaired) electrons. The van der Waals surface area contributed by atoms with Crippen molar-refractivity contribution in [3.8, 4) is 0 Å². The molecule has 0 aromatic rings. The Morgan fingerprint density at radius 3 is 2.11 bits per heavy atom. The standard InChI is InChI=1S/C16H32N2/c1-15(18-12-8-5-9-13-18)14-17-16-10-6-3-2-4-7-11-16/h15-17H,2-14H2,1H3. The van der Waals surface area contributed by atoms with E-state index < -0.39 is 0 Å². The number of hydrogen-bond donors (Lipinski definition) is 1. The molecule has 2 heteroatoms. The van der Waals surface area contributed by atoms with Crippen molar-refractivity contribution >= 4 is 0 Å². The molecule has 2 rings (SSSR count). The second kappa shape index (κ2) is 8.16. The first kappa shape index (κ1) is 14.3. The Bertz CT molecular complexity index is 201. The molecule has 1 saturated carbocycles. The highest BCUT2D eigenvalue weighted by Crippen LogP contribution is 2.17. The lowest BCUT2D eigenvalue weighted by Gasteiger charge is -2.33. The second-order valence-corrected chi connectivity index (χ2v) is 6.40. The van der Waals surface area contributed by atoms with Crippen molar-refractivity contribution in [3.63, 3.8) is 0 Å². The molecule has 1 aliphatic carbocycles. The van der Waals surface area contributed by atoms with E-state index in [0.29, 0.717) is 0 Å². The molecule has 1 saturated heterocycles. The largest absolute Gasteiger partial charge is 0.312 e. The van der Waals surface area contributed by atoms with Crippen LogP contribution < -0.4 is 5.32 Å². The Kier molecular flexibility index (Phi) is 6.50. The Morgan fingerprint density at radius 2 is 1.44 bits per heavy atom. The molecule has 1 N–H and O–H groups in total. The van der Waals surface area contributed by atoms with Crippen molar-refractivity contribution in [2.24, 2.45) is 0 Å². The van der Waals surface area contributed by atoms with Gasteiger partial charge in [0.1, 0.15) is 0 Å². The van der Waals surface area contributed by atoms with E-state index in [1.807, 2.05) is 0 Å². The van der Waals surface area contributed by atoms with Crippen LogP contribution >= 0.6 is 0 Å². The number of nitrogens with one attached hydrogen (secondary N) is 1. The van der Waals surface area contributed by atoms with Crippen LogP contribution in [0.5, 0.6) is 0 Å². The first-order valence-electron chi connectivity index (χ1n) is 8.33. The molecule has 106 valence electrons. The summed E-state index contributed by atoms with van der Waals surface area (Å²) in [6, 6.07) is 1.54. The summed E-state index contributed by atoms with van der Waals surface area (Å²) in [6.45, 7) is 6.26. The third kappa shape index (κ3) is 4.89. The number of nitrogens with zero attached hydrogens (tertiary/aromatic N) is 1. The normalized spacial score (nSPS) is 26.5. The van der Waals surface area contributed by atoms with E-state index in [1.165, 1.54) is 83.8 Å². The van der Waals surface area contributed by atoms with Gasteiger partial charge in [-0.25, -0.2) is 0 Å². The molecule has 2 fully saturated rings. The molecule has 1 atom stereocenters. The molecule has 2 nitrogen and oxygen atoms in total. The SMILES string of the molecule is CC(CNC1CCCCCCC1)N1CCCCC1. The van der Waals surface area contributed by atoms with E-state index in [2.05, 4.69) is 17.1 Å². The summed E-state index contributed by atoms with van der Waals surface area (Å²) in [5, 5.41) is 3.84. The molecule has 0 bridgehead atoms. The average molecular weight is 252 g/mol. The van der Waals surface area contributed by atoms with Crippen LogP contribution in [0.3, 0.4) is 0 Å². The van der Waals surface area contributed by atoms with Crippen molar-refractivity contribution in [3.05, 3.63) is 0 Å². The van der Waals surface area contributed by atoms with Gasteiger partial charge in [-0.05, 0) is 45.7 Å². The van der Waals surface area contributed by atoms with Crippen LogP contribution in [0.1, 0.15) is 71.1 Å². The number of piperidine rings is 1. The molecule has 1 heterocycles. The molecule has 1 aliphatic heterocycles. The predicted octanol–water partition coefficient (Wildman–Crippen LogP) is 3.56. The summed E-state index contributed by atoms with van der Waals surface area (Å²) in [4.78, 5) is 2.68. The molecule has 0 aromatic carbocycles. The van der Waals surface area contributed by atoms with E-state index in [4.69, 9.17) is 0 Å². The van der Waals surface area contributed by atoms with Crippen LogP contribution in [0.15, 0.2) is 0 Å². The zero-order chi connectivity index (χ0) is 12.6. The van der Waals surface area contributed by atoms with E-state index in [9.17, 15) is 0 Å². The van der Waals surface area contributed by atoms with Crippen LogP contribution in [0.25, 0.3) is 0 Å². The third-order valence-electron chi connectivity index (χ3n) is 4.82. The fourth-order valence-corrected chi connectivity index (χ4v) is 3.49. The lowest BCUT2D eigenvalue weighted by atomic mass is 9.96. The van der Waals surface area contributed by atoms with Crippen molar-refractivity contribution in [1.82, 2.24) is 10.2 Å². The summed E-state index contributed by atoms with van der Waals surface area (Å²) in [5.74, 6) is 0. The minimum absolute atomic E-state index is 0.732. The van der Waals surface area contributed by atoms with Gasteiger partial charge >= 0.3 is 0 Å². The van der Waals surface area contributed by atoms with Gasteiger partial charge in [-0.1, -0.05) is 38.5 Å². The van der Waals surface area contributed by atoms with E-state index >= 15 is 0 Å². The van der Waals surface area contributed by atoms with Gasteiger partial charge in [0.15, 0.2) is 0 Å². The summed E-state index contributed by atoms with van der Waals surface area (Å²) >= 11 is 0. The lowest BCUT2D eigenvalue weighted by Crippen LogP contribution is -2.45. The molecule has 0 aromatic heterocycles. The van der Waals surface area contributed by atoms with Crippen molar-refractivity contribution < 1.29 is 0 Å². The van der Waals surface area contributed by atoms with Gasteiger partial charge in [0.25, 0.3) is 0 Å². The number of likely N-dealkylation sites (tertiary alicyclic amines) is 1. The fraction of sp³-hybridized carbons (Fsp3) is 1.00. The molecule has 0 spiro atoms. The molecule has 1 unspecified atom stereocenters. The van der Waals surface area contributed by atoms with Gasteiger partial charge in [0.05, 0.1) is 0 Å².